The molecule has 0 bridgehead atoms. The number of hydrogen-bond acceptors (Lipinski definition) is 5. The van der Waals surface area contributed by atoms with E-state index in [1.165, 1.54) is 21.4 Å². The molecule has 0 atom stereocenters. The van der Waals surface area contributed by atoms with Crippen LogP contribution in [-0.4, -0.2) is 58.0 Å². The molecular formula is C24H31ClN4O5. The lowest BCUT2D eigenvalue weighted by molar-refractivity contribution is -0.122. The second kappa shape index (κ2) is 10.8. The fraction of sp³-hybridized carbons (Fsp3) is 0.542. The first kappa shape index (κ1) is 24.5. The van der Waals surface area contributed by atoms with Gasteiger partial charge in [0.25, 0.3) is 5.91 Å². The van der Waals surface area contributed by atoms with E-state index >= 15 is 0 Å². The molecule has 1 saturated heterocycles. The van der Waals surface area contributed by atoms with Crippen molar-refractivity contribution in [3.05, 3.63) is 51.7 Å². The third kappa shape index (κ3) is 5.89. The first-order chi connectivity index (χ1) is 16.3. The SMILES string of the molecule is O=C(Cn1ccn(-c2ccc(Cl)c(C(=O)NCC3(O)CCCCCC3)c2)c1=O)NCC1COC1. The van der Waals surface area contributed by atoms with Crippen molar-refractivity contribution < 1.29 is 19.4 Å². The van der Waals surface area contributed by atoms with Crippen LogP contribution < -0.4 is 16.3 Å². The Morgan fingerprint density at radius 3 is 2.53 bits per heavy atom. The lowest BCUT2D eigenvalue weighted by atomic mass is 9.94. The van der Waals surface area contributed by atoms with Gasteiger partial charge in [-0.3, -0.25) is 18.7 Å². The van der Waals surface area contributed by atoms with E-state index < -0.39 is 17.2 Å². The molecule has 1 saturated carbocycles. The summed E-state index contributed by atoms with van der Waals surface area (Å²) in [6.45, 7) is 1.87. The van der Waals surface area contributed by atoms with E-state index in [1.807, 2.05) is 0 Å². The number of carbonyl (C=O) groups is 2. The molecule has 2 aliphatic rings. The molecule has 2 aromatic rings. The number of imidazole rings is 1. The quantitative estimate of drug-likeness (QED) is 0.489. The van der Waals surface area contributed by atoms with Crippen LogP contribution in [0.1, 0.15) is 48.9 Å². The molecule has 184 valence electrons. The Labute approximate surface area is 203 Å². The van der Waals surface area contributed by atoms with Gasteiger partial charge in [-0.05, 0) is 31.0 Å². The molecule has 1 aromatic carbocycles. The van der Waals surface area contributed by atoms with Gasteiger partial charge >= 0.3 is 5.69 Å². The van der Waals surface area contributed by atoms with Crippen molar-refractivity contribution in [3.8, 4) is 5.69 Å². The number of benzene rings is 1. The van der Waals surface area contributed by atoms with Gasteiger partial charge in [0.2, 0.25) is 5.91 Å². The van der Waals surface area contributed by atoms with Crippen LogP contribution in [0.5, 0.6) is 0 Å². The van der Waals surface area contributed by atoms with Gasteiger partial charge in [0.15, 0.2) is 0 Å². The molecule has 9 nitrogen and oxygen atoms in total. The normalized spacial score (nSPS) is 18.1. The Kier molecular flexibility index (Phi) is 7.75. The highest BCUT2D eigenvalue weighted by atomic mass is 35.5. The molecule has 34 heavy (non-hydrogen) atoms. The smallest absolute Gasteiger partial charge is 0.333 e. The number of aromatic nitrogens is 2. The summed E-state index contributed by atoms with van der Waals surface area (Å²) < 4.78 is 7.76. The van der Waals surface area contributed by atoms with Gasteiger partial charge in [0.05, 0.1) is 35.1 Å². The van der Waals surface area contributed by atoms with Crippen LogP contribution in [0.3, 0.4) is 0 Å². The van der Waals surface area contributed by atoms with Crippen LogP contribution in [0.15, 0.2) is 35.4 Å². The Morgan fingerprint density at radius 1 is 1.12 bits per heavy atom. The molecule has 1 aliphatic heterocycles. The Morgan fingerprint density at radius 2 is 1.85 bits per heavy atom. The highest BCUT2D eigenvalue weighted by molar-refractivity contribution is 6.33. The number of nitrogens with zero attached hydrogens (tertiary/aromatic N) is 2. The van der Waals surface area contributed by atoms with Crippen molar-refractivity contribution in [1.82, 2.24) is 19.8 Å². The summed E-state index contributed by atoms with van der Waals surface area (Å²) >= 11 is 6.27. The maximum atomic E-state index is 12.9. The Bertz CT molecular complexity index is 1080. The van der Waals surface area contributed by atoms with Gasteiger partial charge in [-0.2, -0.15) is 0 Å². The van der Waals surface area contributed by atoms with Crippen molar-refractivity contribution in [1.29, 1.82) is 0 Å². The maximum absolute atomic E-state index is 12.9. The van der Waals surface area contributed by atoms with E-state index in [2.05, 4.69) is 10.6 Å². The predicted molar refractivity (Wildman–Crippen MR) is 127 cm³/mol. The summed E-state index contributed by atoms with van der Waals surface area (Å²) in [5.74, 6) is -0.331. The number of amides is 2. The second-order valence-electron chi connectivity index (χ2n) is 9.27. The molecule has 2 amide bonds. The minimum Gasteiger partial charge on any atom is -0.388 e. The van der Waals surface area contributed by atoms with Gasteiger partial charge in [0, 0.05) is 31.4 Å². The molecule has 2 fully saturated rings. The minimum atomic E-state index is -0.906. The standard InChI is InChI=1S/C24H31ClN4O5/c25-20-6-5-18(11-19(20)22(31)27-16-24(33)7-3-1-2-4-8-24)29-10-9-28(23(29)32)13-21(30)26-12-17-14-34-15-17/h5-6,9-11,17,33H,1-4,7-8,12-16H2,(H,26,30)(H,27,31). The molecular weight excluding hydrogens is 460 g/mol. The monoisotopic (exact) mass is 490 g/mol. The molecule has 4 rings (SSSR count). The van der Waals surface area contributed by atoms with E-state index in [9.17, 15) is 19.5 Å². The fourth-order valence-corrected chi connectivity index (χ4v) is 4.55. The van der Waals surface area contributed by atoms with Crippen molar-refractivity contribution in [3.63, 3.8) is 0 Å². The number of halogens is 1. The third-order valence-corrected chi connectivity index (χ3v) is 6.87. The van der Waals surface area contributed by atoms with E-state index in [0.717, 1.165) is 25.7 Å². The number of aliphatic hydroxyl groups is 1. The van der Waals surface area contributed by atoms with Crippen molar-refractivity contribution in [2.75, 3.05) is 26.3 Å². The largest absolute Gasteiger partial charge is 0.388 e. The summed E-state index contributed by atoms with van der Waals surface area (Å²) in [6, 6.07) is 4.74. The molecule has 0 spiro atoms. The number of nitrogens with one attached hydrogen (secondary N) is 2. The zero-order valence-electron chi connectivity index (χ0n) is 19.1. The molecule has 10 heteroatoms. The molecule has 2 heterocycles. The first-order valence-electron chi connectivity index (χ1n) is 11.8. The molecule has 1 aliphatic carbocycles. The van der Waals surface area contributed by atoms with Crippen LogP contribution in [0.25, 0.3) is 5.69 Å². The lowest BCUT2D eigenvalue weighted by Crippen LogP contribution is -2.42. The Hall–Kier alpha value is -2.62. The van der Waals surface area contributed by atoms with E-state index in [1.54, 1.807) is 18.3 Å². The van der Waals surface area contributed by atoms with Gasteiger partial charge in [-0.1, -0.05) is 37.3 Å². The summed E-state index contributed by atoms with van der Waals surface area (Å²) in [6.07, 6.45) is 8.47. The van der Waals surface area contributed by atoms with E-state index in [-0.39, 0.29) is 29.6 Å². The third-order valence-electron chi connectivity index (χ3n) is 6.54. The van der Waals surface area contributed by atoms with Crippen LogP contribution in [-0.2, 0) is 16.1 Å². The number of carbonyl (C=O) groups excluding carboxylic acids is 2. The van der Waals surface area contributed by atoms with Crippen molar-refractivity contribution in [2.24, 2.45) is 5.92 Å². The summed E-state index contributed by atoms with van der Waals surface area (Å²) in [4.78, 5) is 37.9. The summed E-state index contributed by atoms with van der Waals surface area (Å²) in [5, 5.41) is 16.7. The number of hydrogen-bond donors (Lipinski definition) is 3. The zero-order valence-corrected chi connectivity index (χ0v) is 19.9. The van der Waals surface area contributed by atoms with Crippen molar-refractivity contribution in [2.45, 2.75) is 50.7 Å². The molecule has 0 unspecified atom stereocenters. The fourth-order valence-electron chi connectivity index (χ4n) is 4.34. The van der Waals surface area contributed by atoms with Gasteiger partial charge in [-0.15, -0.1) is 0 Å². The summed E-state index contributed by atoms with van der Waals surface area (Å²) in [7, 11) is 0. The van der Waals surface area contributed by atoms with E-state index in [4.69, 9.17) is 16.3 Å². The molecule has 3 N–H and O–H groups in total. The zero-order chi connectivity index (χ0) is 24.1. The molecule has 0 radical (unpaired) electrons. The second-order valence-corrected chi connectivity index (χ2v) is 9.68. The van der Waals surface area contributed by atoms with Gasteiger partial charge < -0.3 is 20.5 Å². The van der Waals surface area contributed by atoms with Gasteiger partial charge in [0.1, 0.15) is 6.54 Å². The lowest BCUT2D eigenvalue weighted by Gasteiger charge is -2.26. The number of ether oxygens (including phenoxy) is 1. The van der Waals surface area contributed by atoms with Crippen LogP contribution in [0.4, 0.5) is 0 Å². The van der Waals surface area contributed by atoms with Crippen LogP contribution in [0, 0.1) is 5.92 Å². The highest BCUT2D eigenvalue weighted by Crippen LogP contribution is 2.27. The number of rotatable bonds is 8. The predicted octanol–water partition coefficient (Wildman–Crippen LogP) is 1.87. The van der Waals surface area contributed by atoms with Gasteiger partial charge in [-0.25, -0.2) is 4.79 Å². The van der Waals surface area contributed by atoms with Crippen LogP contribution >= 0.6 is 11.6 Å². The topological polar surface area (TPSA) is 115 Å². The average molecular weight is 491 g/mol. The Balaban J connectivity index is 1.42. The van der Waals surface area contributed by atoms with Crippen molar-refractivity contribution >= 4 is 23.4 Å². The summed E-state index contributed by atoms with van der Waals surface area (Å²) in [5.41, 5.74) is -0.630. The highest BCUT2D eigenvalue weighted by Gasteiger charge is 2.29. The average Bonchev–Trinajstić information content (AvgIpc) is 2.99. The minimum absolute atomic E-state index is 0.0983. The molecule has 1 aromatic heterocycles. The van der Waals surface area contributed by atoms with Crippen LogP contribution in [0.2, 0.25) is 5.02 Å². The maximum Gasteiger partial charge on any atom is 0.333 e. The van der Waals surface area contributed by atoms with E-state index in [0.29, 0.717) is 44.2 Å². The first-order valence-corrected chi connectivity index (χ1v) is 12.2.